The fourth-order valence-corrected chi connectivity index (χ4v) is 3.86. The van der Waals surface area contributed by atoms with Crippen molar-refractivity contribution in [1.29, 1.82) is 0 Å². The van der Waals surface area contributed by atoms with Crippen LogP contribution in [0.3, 0.4) is 0 Å². The molecule has 0 radical (unpaired) electrons. The zero-order chi connectivity index (χ0) is 18.6. The van der Waals surface area contributed by atoms with Gasteiger partial charge < -0.3 is 5.32 Å². The molecule has 0 heterocycles. The van der Waals surface area contributed by atoms with Crippen molar-refractivity contribution < 1.29 is 13.2 Å². The predicted molar refractivity (Wildman–Crippen MR) is 102 cm³/mol. The van der Waals surface area contributed by atoms with Crippen molar-refractivity contribution in [2.75, 3.05) is 6.26 Å². The van der Waals surface area contributed by atoms with Crippen LogP contribution in [0.4, 0.5) is 0 Å². The van der Waals surface area contributed by atoms with E-state index in [0.717, 1.165) is 12.7 Å². The fraction of sp³-hybridized carbons (Fsp3) is 0.529. The number of rotatable bonds is 3. The highest BCUT2D eigenvalue weighted by atomic mass is 32.2. The maximum atomic E-state index is 12.1. The fourth-order valence-electron chi connectivity index (χ4n) is 3.03. The van der Waals surface area contributed by atoms with Crippen LogP contribution in [0.25, 0.3) is 0 Å². The Kier molecular flexibility index (Phi) is 6.40. The van der Waals surface area contributed by atoms with Crippen molar-refractivity contribution in [3.05, 3.63) is 29.8 Å². The second-order valence-electron chi connectivity index (χ2n) is 6.72. The number of carbonyl (C=O) groups excluding carboxylic acids is 1. The molecular weight excluding hydrogens is 358 g/mol. The van der Waals surface area contributed by atoms with Gasteiger partial charge >= 0.3 is 0 Å². The van der Waals surface area contributed by atoms with Gasteiger partial charge in [0.05, 0.1) is 4.90 Å². The lowest BCUT2D eigenvalue weighted by atomic mass is 9.78. The highest BCUT2D eigenvalue weighted by Crippen LogP contribution is 2.29. The first-order valence-electron chi connectivity index (χ1n) is 8.35. The molecule has 0 bridgehead atoms. The second-order valence-corrected chi connectivity index (χ2v) is 9.15. The first-order valence-corrected chi connectivity index (χ1v) is 10.7. The normalized spacial score (nSPS) is 23.6. The Balaban J connectivity index is 1.86. The number of carbonyl (C=O) groups is 1. The Morgan fingerprint density at radius 1 is 1.12 bits per heavy atom. The van der Waals surface area contributed by atoms with Crippen molar-refractivity contribution >= 4 is 33.1 Å². The lowest BCUT2D eigenvalue weighted by Gasteiger charge is -2.35. The Hall–Kier alpha value is -1.67. The first kappa shape index (κ1) is 19.7. The van der Waals surface area contributed by atoms with E-state index in [9.17, 15) is 13.2 Å². The van der Waals surface area contributed by atoms with Crippen LogP contribution in [-0.4, -0.2) is 31.7 Å². The van der Waals surface area contributed by atoms with E-state index >= 15 is 0 Å². The van der Waals surface area contributed by atoms with Crippen LogP contribution in [0.2, 0.25) is 0 Å². The van der Waals surface area contributed by atoms with E-state index in [1.807, 2.05) is 0 Å². The molecule has 2 rings (SSSR count). The quantitative estimate of drug-likeness (QED) is 0.547. The van der Waals surface area contributed by atoms with Crippen LogP contribution >= 0.6 is 12.2 Å². The maximum Gasteiger partial charge on any atom is 0.269 e. The third-order valence-electron chi connectivity index (χ3n) is 4.86. The Morgan fingerprint density at radius 2 is 1.76 bits per heavy atom. The largest absolute Gasteiger partial charge is 0.358 e. The topological polar surface area (TPSA) is 87.3 Å². The Morgan fingerprint density at radius 3 is 2.36 bits per heavy atom. The Bertz CT molecular complexity index is 732. The SMILES string of the molecule is C[C@@H]1[C@H](C)CCC[C@@H]1NC(=S)NNC(=O)c1ccc(S(C)(=O)=O)cc1. The molecule has 1 fully saturated rings. The summed E-state index contributed by atoms with van der Waals surface area (Å²) in [6.07, 6.45) is 4.60. The average molecular weight is 384 g/mol. The molecule has 0 saturated heterocycles. The molecule has 3 atom stereocenters. The van der Waals surface area contributed by atoms with Gasteiger partial charge in [-0.1, -0.05) is 26.7 Å². The van der Waals surface area contributed by atoms with Gasteiger partial charge in [-0.05, 0) is 54.7 Å². The average Bonchev–Trinajstić information content (AvgIpc) is 2.56. The molecule has 6 nitrogen and oxygen atoms in total. The van der Waals surface area contributed by atoms with Gasteiger partial charge in [0.25, 0.3) is 5.91 Å². The predicted octanol–water partition coefficient (Wildman–Crippen LogP) is 2.02. The molecule has 1 aliphatic carbocycles. The minimum atomic E-state index is -3.28. The van der Waals surface area contributed by atoms with Crippen LogP contribution in [0.5, 0.6) is 0 Å². The van der Waals surface area contributed by atoms with Crippen LogP contribution in [0.15, 0.2) is 29.2 Å². The van der Waals surface area contributed by atoms with E-state index in [0.29, 0.717) is 28.6 Å². The van der Waals surface area contributed by atoms with Crippen LogP contribution in [0, 0.1) is 11.8 Å². The lowest BCUT2D eigenvalue weighted by molar-refractivity contribution is 0.0943. The molecule has 138 valence electrons. The molecule has 1 saturated carbocycles. The van der Waals surface area contributed by atoms with Gasteiger partial charge in [0.2, 0.25) is 0 Å². The van der Waals surface area contributed by atoms with Gasteiger partial charge in [-0.25, -0.2) is 8.42 Å². The number of hydrogen-bond acceptors (Lipinski definition) is 4. The summed E-state index contributed by atoms with van der Waals surface area (Å²) in [6.45, 7) is 4.46. The number of amides is 1. The summed E-state index contributed by atoms with van der Waals surface area (Å²) in [6, 6.07) is 6.05. The number of nitrogens with one attached hydrogen (secondary N) is 3. The van der Waals surface area contributed by atoms with E-state index in [-0.39, 0.29) is 10.8 Å². The van der Waals surface area contributed by atoms with Crippen LogP contribution < -0.4 is 16.2 Å². The third-order valence-corrected chi connectivity index (χ3v) is 6.21. The van der Waals surface area contributed by atoms with E-state index in [2.05, 4.69) is 30.0 Å². The highest BCUT2D eigenvalue weighted by Gasteiger charge is 2.27. The van der Waals surface area contributed by atoms with Gasteiger partial charge in [-0.3, -0.25) is 15.6 Å². The van der Waals surface area contributed by atoms with E-state index in [1.54, 1.807) is 0 Å². The molecule has 3 N–H and O–H groups in total. The zero-order valence-corrected chi connectivity index (χ0v) is 16.3. The maximum absolute atomic E-state index is 12.1. The minimum Gasteiger partial charge on any atom is -0.358 e. The van der Waals surface area contributed by atoms with Crippen molar-refractivity contribution in [2.45, 2.75) is 44.0 Å². The van der Waals surface area contributed by atoms with Crippen molar-refractivity contribution in [1.82, 2.24) is 16.2 Å². The minimum absolute atomic E-state index is 0.176. The number of hydrazine groups is 1. The van der Waals surface area contributed by atoms with Gasteiger partial charge in [0.1, 0.15) is 0 Å². The smallest absolute Gasteiger partial charge is 0.269 e. The highest BCUT2D eigenvalue weighted by molar-refractivity contribution is 7.90. The molecule has 0 aliphatic heterocycles. The summed E-state index contributed by atoms with van der Waals surface area (Å²) in [4.78, 5) is 12.3. The molecule has 0 spiro atoms. The molecule has 8 heteroatoms. The first-order chi connectivity index (χ1) is 11.7. The zero-order valence-electron chi connectivity index (χ0n) is 14.7. The van der Waals surface area contributed by atoms with Gasteiger partial charge in [-0.2, -0.15) is 0 Å². The molecule has 1 aromatic rings. The summed E-state index contributed by atoms with van der Waals surface area (Å²) in [5.41, 5.74) is 5.59. The summed E-state index contributed by atoms with van der Waals surface area (Å²) in [7, 11) is -3.28. The van der Waals surface area contributed by atoms with Gasteiger partial charge in [0, 0.05) is 17.9 Å². The van der Waals surface area contributed by atoms with Crippen LogP contribution in [0.1, 0.15) is 43.5 Å². The second kappa shape index (κ2) is 8.14. The molecule has 1 aliphatic rings. The number of thiocarbonyl (C=S) groups is 1. The van der Waals surface area contributed by atoms with Gasteiger partial charge in [-0.15, -0.1) is 0 Å². The third kappa shape index (κ3) is 5.40. The number of benzene rings is 1. The molecule has 1 amide bonds. The monoisotopic (exact) mass is 383 g/mol. The molecule has 0 unspecified atom stereocenters. The van der Waals surface area contributed by atoms with Crippen LogP contribution in [-0.2, 0) is 9.84 Å². The molecular formula is C17H25N3O3S2. The lowest BCUT2D eigenvalue weighted by Crippen LogP contribution is -2.52. The van der Waals surface area contributed by atoms with Crippen molar-refractivity contribution in [3.63, 3.8) is 0 Å². The van der Waals surface area contributed by atoms with E-state index in [1.165, 1.54) is 37.1 Å². The molecule has 0 aromatic heterocycles. The summed E-state index contributed by atoms with van der Waals surface area (Å²) >= 11 is 5.25. The number of sulfone groups is 1. The number of hydrogen-bond donors (Lipinski definition) is 3. The van der Waals surface area contributed by atoms with Crippen molar-refractivity contribution in [3.8, 4) is 0 Å². The Labute approximate surface area is 154 Å². The van der Waals surface area contributed by atoms with E-state index in [4.69, 9.17) is 12.2 Å². The summed E-state index contributed by atoms with van der Waals surface area (Å²) < 4.78 is 22.9. The molecule has 1 aromatic carbocycles. The van der Waals surface area contributed by atoms with E-state index < -0.39 is 9.84 Å². The summed E-state index contributed by atoms with van der Waals surface area (Å²) in [5, 5.41) is 3.64. The van der Waals surface area contributed by atoms with Crippen molar-refractivity contribution in [2.24, 2.45) is 11.8 Å². The summed E-state index contributed by atoms with van der Waals surface area (Å²) in [5.74, 6) is 0.791. The molecule has 25 heavy (non-hydrogen) atoms. The standard InChI is InChI=1S/C17H25N3O3S2/c1-11-5-4-6-15(12(11)2)18-17(24)20-19-16(21)13-7-9-14(10-8-13)25(3,22)23/h7-12,15H,4-6H2,1-3H3,(H,19,21)(H2,18,20,24)/t11-,12-,15+/m1/s1. The van der Waals surface area contributed by atoms with Gasteiger partial charge in [0.15, 0.2) is 14.9 Å².